The molecule has 21 heavy (non-hydrogen) atoms. The molecule has 2 heterocycles. The second-order valence-corrected chi connectivity index (χ2v) is 5.32. The summed E-state index contributed by atoms with van der Waals surface area (Å²) in [6, 6.07) is 2.11. The van der Waals surface area contributed by atoms with Gasteiger partial charge in [-0.05, 0) is 42.7 Å². The summed E-state index contributed by atoms with van der Waals surface area (Å²) in [7, 11) is 1.78. The first kappa shape index (κ1) is 18.0. The van der Waals surface area contributed by atoms with Gasteiger partial charge in [-0.15, -0.1) is 24.0 Å². The summed E-state index contributed by atoms with van der Waals surface area (Å²) in [6.07, 6.45) is 0.875. The van der Waals surface area contributed by atoms with Gasteiger partial charge in [0.15, 0.2) is 5.96 Å². The van der Waals surface area contributed by atoms with Crippen LogP contribution in [0.4, 0.5) is 0 Å². The predicted octanol–water partition coefficient (Wildman–Crippen LogP) is 2.88. The van der Waals surface area contributed by atoms with E-state index in [2.05, 4.69) is 37.6 Å². The Kier molecular flexibility index (Phi) is 7.73. The van der Waals surface area contributed by atoms with Gasteiger partial charge in [-0.3, -0.25) is 4.99 Å². The van der Waals surface area contributed by atoms with Gasteiger partial charge in [-0.1, -0.05) is 5.16 Å². The van der Waals surface area contributed by atoms with Crippen molar-refractivity contribution in [2.24, 2.45) is 4.99 Å². The number of aromatic nitrogens is 1. The molecule has 2 aromatic rings. The number of hydrogen-bond acceptors (Lipinski definition) is 4. The summed E-state index contributed by atoms with van der Waals surface area (Å²) in [5.74, 6) is 1.70. The molecule has 0 amide bonds. The number of thiophene rings is 1. The van der Waals surface area contributed by atoms with Crippen molar-refractivity contribution in [3.8, 4) is 0 Å². The molecule has 0 fully saturated rings. The molecule has 0 aliphatic rings. The lowest BCUT2D eigenvalue weighted by Gasteiger charge is -2.11. The van der Waals surface area contributed by atoms with E-state index in [4.69, 9.17) is 4.52 Å². The maximum absolute atomic E-state index is 5.15. The molecule has 116 valence electrons. The number of nitrogens with zero attached hydrogens (tertiary/aromatic N) is 2. The molecule has 2 N–H and O–H groups in total. The maximum atomic E-state index is 5.15. The number of rotatable bonds is 5. The van der Waals surface area contributed by atoms with Gasteiger partial charge in [0.05, 0.1) is 5.69 Å². The Morgan fingerprint density at radius 3 is 2.76 bits per heavy atom. The lowest BCUT2D eigenvalue weighted by atomic mass is 10.1. The molecule has 7 heteroatoms. The van der Waals surface area contributed by atoms with Crippen LogP contribution in [0, 0.1) is 13.8 Å². The molecule has 0 spiro atoms. The van der Waals surface area contributed by atoms with Gasteiger partial charge in [-0.2, -0.15) is 11.3 Å². The van der Waals surface area contributed by atoms with Crippen LogP contribution in [0.3, 0.4) is 0 Å². The lowest BCUT2D eigenvalue weighted by Crippen LogP contribution is -2.37. The fourth-order valence-corrected chi connectivity index (χ4v) is 2.63. The third-order valence-corrected chi connectivity index (χ3v) is 3.84. The van der Waals surface area contributed by atoms with Gasteiger partial charge in [0, 0.05) is 25.7 Å². The molecule has 0 radical (unpaired) electrons. The fourth-order valence-electron chi connectivity index (χ4n) is 1.96. The van der Waals surface area contributed by atoms with Crippen molar-refractivity contribution in [2.75, 3.05) is 13.6 Å². The van der Waals surface area contributed by atoms with Crippen molar-refractivity contribution in [2.45, 2.75) is 26.8 Å². The normalized spacial score (nSPS) is 11.1. The van der Waals surface area contributed by atoms with Crippen LogP contribution >= 0.6 is 35.3 Å². The zero-order chi connectivity index (χ0) is 14.4. The zero-order valence-corrected chi connectivity index (χ0v) is 15.6. The second kappa shape index (κ2) is 9.04. The van der Waals surface area contributed by atoms with Gasteiger partial charge in [0.25, 0.3) is 0 Å². The maximum Gasteiger partial charge on any atom is 0.191 e. The number of guanidine groups is 1. The predicted molar refractivity (Wildman–Crippen MR) is 97.6 cm³/mol. The summed E-state index contributed by atoms with van der Waals surface area (Å²) >= 11 is 1.70. The van der Waals surface area contributed by atoms with Crippen LogP contribution in [-0.2, 0) is 13.0 Å². The molecule has 0 aliphatic carbocycles. The second-order valence-electron chi connectivity index (χ2n) is 4.54. The summed E-state index contributed by atoms with van der Waals surface area (Å²) in [5, 5.41) is 14.7. The van der Waals surface area contributed by atoms with E-state index in [1.54, 1.807) is 18.4 Å². The minimum absolute atomic E-state index is 0. The van der Waals surface area contributed by atoms with Crippen molar-refractivity contribution in [1.29, 1.82) is 0 Å². The van der Waals surface area contributed by atoms with E-state index >= 15 is 0 Å². The molecule has 0 bridgehead atoms. The van der Waals surface area contributed by atoms with Crippen molar-refractivity contribution in [1.82, 2.24) is 15.8 Å². The Morgan fingerprint density at radius 2 is 2.19 bits per heavy atom. The van der Waals surface area contributed by atoms with Crippen LogP contribution in [0.1, 0.15) is 22.6 Å². The van der Waals surface area contributed by atoms with E-state index in [0.717, 1.165) is 36.9 Å². The highest BCUT2D eigenvalue weighted by Gasteiger charge is 2.08. The molecule has 5 nitrogen and oxygen atoms in total. The van der Waals surface area contributed by atoms with Gasteiger partial charge >= 0.3 is 0 Å². The largest absolute Gasteiger partial charge is 0.361 e. The molecular formula is C14H21IN4OS. The van der Waals surface area contributed by atoms with Crippen LogP contribution < -0.4 is 10.6 Å². The highest BCUT2D eigenvalue weighted by atomic mass is 127. The van der Waals surface area contributed by atoms with Crippen molar-refractivity contribution < 1.29 is 4.52 Å². The lowest BCUT2D eigenvalue weighted by molar-refractivity contribution is 0.392. The Labute approximate surface area is 146 Å². The van der Waals surface area contributed by atoms with Crippen molar-refractivity contribution in [3.63, 3.8) is 0 Å². The van der Waals surface area contributed by atoms with Gasteiger partial charge in [0.1, 0.15) is 5.76 Å². The molecule has 0 saturated carbocycles. The zero-order valence-electron chi connectivity index (χ0n) is 12.5. The van der Waals surface area contributed by atoms with Crippen molar-refractivity contribution in [3.05, 3.63) is 39.4 Å². The Morgan fingerprint density at radius 1 is 1.38 bits per heavy atom. The monoisotopic (exact) mass is 420 g/mol. The standard InChI is InChI=1S/C14H20N4OS.HI/c1-10-13(11(2)19-18-10)4-6-16-14(15-3)17-8-12-5-7-20-9-12;/h5,7,9H,4,6,8H2,1-3H3,(H2,15,16,17);1H. The van der Waals surface area contributed by atoms with Crippen LogP contribution in [0.5, 0.6) is 0 Å². The Hall–Kier alpha value is -1.09. The molecule has 0 atom stereocenters. The minimum Gasteiger partial charge on any atom is -0.361 e. The van der Waals surface area contributed by atoms with Crippen LogP contribution in [0.15, 0.2) is 26.3 Å². The summed E-state index contributed by atoms with van der Waals surface area (Å²) in [6.45, 7) is 5.50. The molecule has 0 aromatic carbocycles. The van der Waals surface area contributed by atoms with Crippen LogP contribution in [0.2, 0.25) is 0 Å². The Bertz CT molecular complexity index is 546. The quantitative estimate of drug-likeness (QED) is 0.444. The first-order chi connectivity index (χ1) is 9.70. The molecule has 2 aromatic heterocycles. The first-order valence-electron chi connectivity index (χ1n) is 6.58. The minimum atomic E-state index is 0. The van der Waals surface area contributed by atoms with E-state index in [1.807, 2.05) is 13.8 Å². The third-order valence-electron chi connectivity index (χ3n) is 3.11. The van der Waals surface area contributed by atoms with Gasteiger partial charge in [-0.25, -0.2) is 0 Å². The highest BCUT2D eigenvalue weighted by molar-refractivity contribution is 14.0. The molecule has 0 aliphatic heterocycles. The number of aliphatic imine (C=N–C) groups is 1. The number of hydrogen-bond donors (Lipinski definition) is 2. The summed E-state index contributed by atoms with van der Waals surface area (Å²) in [4.78, 5) is 4.21. The van der Waals surface area contributed by atoms with E-state index in [1.165, 1.54) is 11.1 Å². The van der Waals surface area contributed by atoms with E-state index in [0.29, 0.717) is 0 Å². The van der Waals surface area contributed by atoms with E-state index in [-0.39, 0.29) is 24.0 Å². The van der Waals surface area contributed by atoms with E-state index < -0.39 is 0 Å². The van der Waals surface area contributed by atoms with Gasteiger partial charge in [0.2, 0.25) is 0 Å². The Balaban J connectivity index is 0.00000220. The first-order valence-corrected chi connectivity index (χ1v) is 7.52. The van der Waals surface area contributed by atoms with E-state index in [9.17, 15) is 0 Å². The number of halogens is 1. The van der Waals surface area contributed by atoms with Crippen molar-refractivity contribution >= 4 is 41.3 Å². The van der Waals surface area contributed by atoms with Crippen LogP contribution in [0.25, 0.3) is 0 Å². The SMILES string of the molecule is CN=C(NCCc1c(C)noc1C)NCc1ccsc1.I. The molecule has 2 rings (SSSR count). The third kappa shape index (κ3) is 5.31. The summed E-state index contributed by atoms with van der Waals surface area (Å²) in [5.41, 5.74) is 3.40. The summed E-state index contributed by atoms with van der Waals surface area (Å²) < 4.78 is 5.15. The molecule has 0 saturated heterocycles. The topological polar surface area (TPSA) is 62.5 Å². The average molecular weight is 420 g/mol. The van der Waals surface area contributed by atoms with Crippen LogP contribution in [-0.4, -0.2) is 24.7 Å². The molecular weight excluding hydrogens is 399 g/mol. The molecule has 0 unspecified atom stereocenters. The number of nitrogens with one attached hydrogen (secondary N) is 2. The highest BCUT2D eigenvalue weighted by Crippen LogP contribution is 2.12. The van der Waals surface area contributed by atoms with Gasteiger partial charge < -0.3 is 15.2 Å². The number of aryl methyl sites for hydroxylation is 2. The fraction of sp³-hybridized carbons (Fsp3) is 0.429. The average Bonchev–Trinajstić information content (AvgIpc) is 3.06. The smallest absolute Gasteiger partial charge is 0.191 e.